The number of anilines is 1. The van der Waals surface area contributed by atoms with Crippen LogP contribution in [0.25, 0.3) is 11.1 Å². The van der Waals surface area contributed by atoms with Crippen LogP contribution in [-0.2, 0) is 4.79 Å². The maximum absolute atomic E-state index is 13.4. The molecule has 37 heavy (non-hydrogen) atoms. The monoisotopic (exact) mass is 500 g/mol. The Labute approximate surface area is 213 Å². The highest BCUT2D eigenvalue weighted by molar-refractivity contribution is 5.96. The summed E-state index contributed by atoms with van der Waals surface area (Å²) in [5, 5.41) is 11.7. The highest BCUT2D eigenvalue weighted by Gasteiger charge is 2.25. The average Bonchev–Trinajstić information content (AvgIpc) is 3.31. The van der Waals surface area contributed by atoms with Gasteiger partial charge in [-0.1, -0.05) is 12.1 Å². The molecule has 1 unspecified atom stereocenters. The first kappa shape index (κ1) is 25.1. The summed E-state index contributed by atoms with van der Waals surface area (Å²) in [5.41, 5.74) is 2.27. The van der Waals surface area contributed by atoms with Crippen LogP contribution < -0.4 is 19.5 Å². The number of rotatable bonds is 8. The normalized spacial score (nSPS) is 11.3. The fraction of sp³-hybridized carbons (Fsp3) is 0.185. The fourth-order valence-electron chi connectivity index (χ4n) is 3.56. The summed E-state index contributed by atoms with van der Waals surface area (Å²) in [6.45, 7) is 0. The van der Waals surface area contributed by atoms with E-state index in [0.29, 0.717) is 45.0 Å². The van der Waals surface area contributed by atoms with Gasteiger partial charge in [-0.05, 0) is 36.4 Å². The van der Waals surface area contributed by atoms with Crippen molar-refractivity contribution in [3.8, 4) is 23.3 Å². The van der Waals surface area contributed by atoms with Crippen LogP contribution in [0, 0.1) is 11.3 Å². The molecule has 0 radical (unpaired) electrons. The lowest BCUT2D eigenvalue weighted by Gasteiger charge is -2.19. The Morgan fingerprint density at radius 3 is 2.24 bits per heavy atom. The standard InChI is InChI=1S/C27H24N4O6/c1-31(2)26(33)18-9-7-17(8-10-18)24(36-19-11-5-16(15-28)6-12-19)25(32)30-27-29-20-13-22(34-3)23(35-4)14-21(20)37-27/h5-14,24H,1-4H3,(H,29,30,32). The molecule has 1 N–H and O–H groups in total. The van der Waals surface area contributed by atoms with Gasteiger partial charge in [-0.3, -0.25) is 14.9 Å². The number of nitrogens with one attached hydrogen (secondary N) is 1. The summed E-state index contributed by atoms with van der Waals surface area (Å²) in [6.07, 6.45) is -1.12. The fourth-order valence-corrected chi connectivity index (χ4v) is 3.56. The highest BCUT2D eigenvalue weighted by atomic mass is 16.5. The van der Waals surface area contributed by atoms with Crippen molar-refractivity contribution in [2.45, 2.75) is 6.10 Å². The number of amides is 2. The second-order valence-corrected chi connectivity index (χ2v) is 8.14. The molecule has 0 bridgehead atoms. The Morgan fingerprint density at radius 1 is 1.00 bits per heavy atom. The first-order valence-electron chi connectivity index (χ1n) is 11.1. The number of benzene rings is 3. The molecule has 10 heteroatoms. The van der Waals surface area contributed by atoms with Gasteiger partial charge in [0.15, 0.2) is 17.1 Å². The number of aromatic nitrogens is 1. The van der Waals surface area contributed by atoms with Crippen LogP contribution in [0.1, 0.15) is 27.6 Å². The van der Waals surface area contributed by atoms with Crippen molar-refractivity contribution in [2.24, 2.45) is 0 Å². The summed E-state index contributed by atoms with van der Waals surface area (Å²) in [6, 6.07) is 18.2. The third-order valence-corrected chi connectivity index (χ3v) is 5.47. The van der Waals surface area contributed by atoms with Crippen LogP contribution in [0.5, 0.6) is 17.2 Å². The van der Waals surface area contributed by atoms with E-state index in [1.165, 1.54) is 19.1 Å². The van der Waals surface area contributed by atoms with Crippen molar-refractivity contribution in [1.82, 2.24) is 9.88 Å². The molecule has 3 aromatic carbocycles. The maximum Gasteiger partial charge on any atom is 0.302 e. The predicted octanol–water partition coefficient (Wildman–Crippen LogP) is 4.18. The Bertz CT molecular complexity index is 1430. The third-order valence-electron chi connectivity index (χ3n) is 5.47. The SMILES string of the molecule is COc1cc2nc(NC(=O)C(Oc3ccc(C#N)cc3)c3ccc(C(=O)N(C)C)cc3)oc2cc1OC. The number of carbonyl (C=O) groups is 2. The van der Waals surface area contributed by atoms with Gasteiger partial charge in [0, 0.05) is 37.4 Å². The van der Waals surface area contributed by atoms with Crippen molar-refractivity contribution >= 4 is 28.9 Å². The van der Waals surface area contributed by atoms with Gasteiger partial charge in [-0.15, -0.1) is 0 Å². The Morgan fingerprint density at radius 2 is 1.65 bits per heavy atom. The molecule has 1 heterocycles. The first-order chi connectivity index (χ1) is 17.8. The lowest BCUT2D eigenvalue weighted by atomic mass is 10.1. The van der Waals surface area contributed by atoms with Gasteiger partial charge in [0.2, 0.25) is 6.10 Å². The molecule has 0 spiro atoms. The van der Waals surface area contributed by atoms with E-state index >= 15 is 0 Å². The van der Waals surface area contributed by atoms with Gasteiger partial charge in [0.25, 0.3) is 11.8 Å². The number of carbonyl (C=O) groups excluding carboxylic acids is 2. The van der Waals surface area contributed by atoms with Crippen molar-refractivity contribution in [2.75, 3.05) is 33.6 Å². The molecular formula is C27H24N4O6. The van der Waals surface area contributed by atoms with E-state index in [-0.39, 0.29) is 11.9 Å². The lowest BCUT2D eigenvalue weighted by Crippen LogP contribution is -2.26. The molecule has 0 fully saturated rings. The number of oxazole rings is 1. The molecule has 4 aromatic rings. The minimum Gasteiger partial charge on any atom is -0.493 e. The lowest BCUT2D eigenvalue weighted by molar-refractivity contribution is -0.123. The molecular weight excluding hydrogens is 476 g/mol. The molecule has 1 atom stereocenters. The molecule has 1 aromatic heterocycles. The van der Waals surface area contributed by atoms with E-state index in [1.807, 2.05) is 6.07 Å². The Kier molecular flexibility index (Phi) is 7.25. The van der Waals surface area contributed by atoms with Gasteiger partial charge in [-0.25, -0.2) is 0 Å². The van der Waals surface area contributed by atoms with E-state index in [0.717, 1.165) is 0 Å². The van der Waals surface area contributed by atoms with Crippen LogP contribution >= 0.6 is 0 Å². The summed E-state index contributed by atoms with van der Waals surface area (Å²) >= 11 is 0. The molecule has 0 saturated heterocycles. The van der Waals surface area contributed by atoms with Gasteiger partial charge in [0.1, 0.15) is 11.3 Å². The smallest absolute Gasteiger partial charge is 0.302 e. The summed E-state index contributed by atoms with van der Waals surface area (Å²) in [5.74, 6) is 0.577. The molecule has 0 aliphatic rings. The van der Waals surface area contributed by atoms with Gasteiger partial charge in [0.05, 0.1) is 25.9 Å². The third kappa shape index (κ3) is 5.46. The minimum atomic E-state index is -1.12. The summed E-state index contributed by atoms with van der Waals surface area (Å²) in [7, 11) is 6.33. The van der Waals surface area contributed by atoms with Crippen molar-refractivity contribution in [3.05, 3.63) is 77.4 Å². The zero-order valence-electron chi connectivity index (χ0n) is 20.6. The second-order valence-electron chi connectivity index (χ2n) is 8.14. The Balaban J connectivity index is 1.64. The quantitative estimate of drug-likeness (QED) is 0.382. The van der Waals surface area contributed by atoms with Gasteiger partial charge < -0.3 is 23.5 Å². The second kappa shape index (κ2) is 10.7. The summed E-state index contributed by atoms with van der Waals surface area (Å²) in [4.78, 5) is 31.4. The molecule has 0 aliphatic carbocycles. The number of hydrogen-bond donors (Lipinski definition) is 1. The number of fused-ring (bicyclic) bond motifs is 1. The molecule has 10 nitrogen and oxygen atoms in total. The van der Waals surface area contributed by atoms with Crippen LogP contribution in [0.3, 0.4) is 0 Å². The predicted molar refractivity (Wildman–Crippen MR) is 135 cm³/mol. The van der Waals surface area contributed by atoms with Crippen molar-refractivity contribution in [3.63, 3.8) is 0 Å². The molecule has 4 rings (SSSR count). The molecule has 188 valence electrons. The maximum atomic E-state index is 13.4. The van der Waals surface area contributed by atoms with Crippen molar-refractivity contribution in [1.29, 1.82) is 5.26 Å². The van der Waals surface area contributed by atoms with E-state index in [2.05, 4.69) is 10.3 Å². The molecule has 2 amide bonds. The van der Waals surface area contributed by atoms with E-state index < -0.39 is 12.0 Å². The van der Waals surface area contributed by atoms with E-state index in [1.54, 1.807) is 74.8 Å². The number of hydrogen-bond acceptors (Lipinski definition) is 8. The average molecular weight is 501 g/mol. The van der Waals surface area contributed by atoms with Crippen LogP contribution in [0.4, 0.5) is 6.01 Å². The van der Waals surface area contributed by atoms with Crippen LogP contribution in [-0.4, -0.2) is 50.0 Å². The van der Waals surface area contributed by atoms with Crippen LogP contribution in [0.2, 0.25) is 0 Å². The molecule has 0 saturated carbocycles. The minimum absolute atomic E-state index is 0.0388. The topological polar surface area (TPSA) is 127 Å². The van der Waals surface area contributed by atoms with E-state index in [9.17, 15) is 9.59 Å². The van der Waals surface area contributed by atoms with Crippen LogP contribution in [0.15, 0.2) is 65.1 Å². The summed E-state index contributed by atoms with van der Waals surface area (Å²) < 4.78 is 22.3. The number of methoxy groups -OCH3 is 2. The largest absolute Gasteiger partial charge is 0.493 e. The number of nitriles is 1. The van der Waals surface area contributed by atoms with Gasteiger partial charge >= 0.3 is 6.01 Å². The zero-order valence-corrected chi connectivity index (χ0v) is 20.6. The first-order valence-corrected chi connectivity index (χ1v) is 11.1. The van der Waals surface area contributed by atoms with Crippen molar-refractivity contribution < 1.29 is 28.2 Å². The number of ether oxygens (including phenoxy) is 3. The zero-order chi connectivity index (χ0) is 26.5. The number of nitrogens with zero attached hydrogens (tertiary/aromatic N) is 3. The van der Waals surface area contributed by atoms with Gasteiger partial charge in [-0.2, -0.15) is 10.2 Å². The molecule has 0 aliphatic heterocycles. The van der Waals surface area contributed by atoms with E-state index in [4.69, 9.17) is 23.9 Å². The highest BCUT2D eigenvalue weighted by Crippen LogP contribution is 2.33. The Hall–Kier alpha value is -5.04.